The maximum absolute atomic E-state index is 10.9. The summed E-state index contributed by atoms with van der Waals surface area (Å²) in [5.41, 5.74) is 0. The third-order valence-electron chi connectivity index (χ3n) is 4.22. The molecule has 2 heteroatoms. The summed E-state index contributed by atoms with van der Waals surface area (Å²) in [7, 11) is 0. The van der Waals surface area contributed by atoms with Crippen molar-refractivity contribution in [3.05, 3.63) is 0 Å². The van der Waals surface area contributed by atoms with Gasteiger partial charge in [0.1, 0.15) is 5.78 Å². The van der Waals surface area contributed by atoms with Gasteiger partial charge in [-0.15, -0.1) is 0 Å². The van der Waals surface area contributed by atoms with Crippen molar-refractivity contribution in [1.29, 1.82) is 0 Å². The SMILES string of the molecule is CC(=O)CCCCOC1CC(C)CCC1C(C)C. The van der Waals surface area contributed by atoms with E-state index in [-0.39, 0.29) is 0 Å². The standard InChI is InChI=1S/C16H30O2/c1-12(2)15-9-8-13(3)11-16(15)18-10-6-5-7-14(4)17/h12-13,15-16H,5-11H2,1-4H3. The second-order valence-corrected chi connectivity index (χ2v) is 6.39. The Labute approximate surface area is 112 Å². The maximum atomic E-state index is 10.9. The summed E-state index contributed by atoms with van der Waals surface area (Å²) in [6.07, 6.45) is 7.04. The average molecular weight is 254 g/mol. The van der Waals surface area contributed by atoms with Crippen molar-refractivity contribution in [3.63, 3.8) is 0 Å². The number of ketones is 1. The van der Waals surface area contributed by atoms with Crippen LogP contribution < -0.4 is 0 Å². The zero-order valence-electron chi connectivity index (χ0n) is 12.6. The van der Waals surface area contributed by atoms with Crippen molar-refractivity contribution in [2.45, 2.75) is 72.3 Å². The molecule has 0 amide bonds. The topological polar surface area (TPSA) is 26.3 Å². The van der Waals surface area contributed by atoms with E-state index in [0.717, 1.165) is 37.2 Å². The smallest absolute Gasteiger partial charge is 0.129 e. The number of carbonyl (C=O) groups is 1. The minimum absolute atomic E-state index is 0.293. The van der Waals surface area contributed by atoms with Crippen LogP contribution in [0, 0.1) is 17.8 Å². The number of hydrogen-bond donors (Lipinski definition) is 0. The van der Waals surface area contributed by atoms with Crippen molar-refractivity contribution < 1.29 is 9.53 Å². The number of hydrogen-bond acceptors (Lipinski definition) is 2. The van der Waals surface area contributed by atoms with Crippen LogP contribution in [0.4, 0.5) is 0 Å². The van der Waals surface area contributed by atoms with Gasteiger partial charge in [-0.05, 0) is 50.4 Å². The van der Waals surface area contributed by atoms with E-state index in [4.69, 9.17) is 4.74 Å². The van der Waals surface area contributed by atoms with Crippen molar-refractivity contribution >= 4 is 5.78 Å². The molecule has 0 aliphatic heterocycles. The fraction of sp³-hybridized carbons (Fsp3) is 0.938. The highest BCUT2D eigenvalue weighted by atomic mass is 16.5. The van der Waals surface area contributed by atoms with Crippen LogP contribution in [0.15, 0.2) is 0 Å². The van der Waals surface area contributed by atoms with Crippen LogP contribution in [0.2, 0.25) is 0 Å². The van der Waals surface area contributed by atoms with E-state index in [1.165, 1.54) is 19.3 Å². The Bertz CT molecular complexity index is 247. The predicted octanol–water partition coefficient (Wildman–Crippen LogP) is 4.22. The first-order valence-electron chi connectivity index (χ1n) is 7.61. The van der Waals surface area contributed by atoms with Gasteiger partial charge in [-0.25, -0.2) is 0 Å². The highest BCUT2D eigenvalue weighted by molar-refractivity contribution is 5.75. The highest BCUT2D eigenvalue weighted by Crippen LogP contribution is 2.35. The number of carbonyl (C=O) groups excluding carboxylic acids is 1. The average Bonchev–Trinajstić information content (AvgIpc) is 2.27. The molecule has 2 nitrogen and oxygen atoms in total. The largest absolute Gasteiger partial charge is 0.378 e. The Hall–Kier alpha value is -0.370. The van der Waals surface area contributed by atoms with E-state index < -0.39 is 0 Å². The van der Waals surface area contributed by atoms with Crippen molar-refractivity contribution in [1.82, 2.24) is 0 Å². The van der Waals surface area contributed by atoms with Gasteiger partial charge in [0.05, 0.1) is 6.10 Å². The van der Waals surface area contributed by atoms with Gasteiger partial charge in [-0.3, -0.25) is 0 Å². The van der Waals surface area contributed by atoms with E-state index >= 15 is 0 Å². The van der Waals surface area contributed by atoms with Crippen molar-refractivity contribution in [3.8, 4) is 0 Å². The first kappa shape index (κ1) is 15.7. The zero-order chi connectivity index (χ0) is 13.5. The Kier molecular flexibility index (Phi) is 6.91. The molecule has 1 aliphatic rings. The van der Waals surface area contributed by atoms with E-state index in [1.54, 1.807) is 6.92 Å². The normalized spacial score (nSPS) is 28.6. The highest BCUT2D eigenvalue weighted by Gasteiger charge is 2.31. The van der Waals surface area contributed by atoms with E-state index in [2.05, 4.69) is 20.8 Å². The Morgan fingerprint density at radius 1 is 1.28 bits per heavy atom. The first-order valence-corrected chi connectivity index (χ1v) is 7.61. The molecule has 0 bridgehead atoms. The minimum Gasteiger partial charge on any atom is -0.378 e. The molecule has 1 saturated carbocycles. The lowest BCUT2D eigenvalue weighted by molar-refractivity contribution is -0.117. The molecule has 106 valence electrons. The van der Waals surface area contributed by atoms with Gasteiger partial charge in [0.2, 0.25) is 0 Å². The number of unbranched alkanes of at least 4 members (excludes halogenated alkanes) is 1. The fourth-order valence-electron chi connectivity index (χ4n) is 3.02. The summed E-state index contributed by atoms with van der Waals surface area (Å²) >= 11 is 0. The van der Waals surface area contributed by atoms with E-state index in [0.29, 0.717) is 18.3 Å². The van der Waals surface area contributed by atoms with Crippen molar-refractivity contribution in [2.24, 2.45) is 17.8 Å². The zero-order valence-corrected chi connectivity index (χ0v) is 12.6. The van der Waals surface area contributed by atoms with Gasteiger partial charge in [0, 0.05) is 13.0 Å². The quantitative estimate of drug-likeness (QED) is 0.636. The third kappa shape index (κ3) is 5.51. The van der Waals surface area contributed by atoms with Crippen LogP contribution in [0.5, 0.6) is 0 Å². The second kappa shape index (κ2) is 7.93. The van der Waals surface area contributed by atoms with Crippen LogP contribution in [0.25, 0.3) is 0 Å². The molecule has 0 aromatic rings. The minimum atomic E-state index is 0.293. The Morgan fingerprint density at radius 3 is 2.61 bits per heavy atom. The molecular formula is C16H30O2. The molecule has 1 rings (SSSR count). The summed E-state index contributed by atoms with van der Waals surface area (Å²) in [6, 6.07) is 0. The molecule has 0 N–H and O–H groups in total. The second-order valence-electron chi connectivity index (χ2n) is 6.39. The van der Waals surface area contributed by atoms with Gasteiger partial charge < -0.3 is 9.53 Å². The van der Waals surface area contributed by atoms with Crippen LogP contribution in [-0.4, -0.2) is 18.5 Å². The molecule has 3 atom stereocenters. The molecule has 0 spiro atoms. The molecule has 0 radical (unpaired) electrons. The summed E-state index contributed by atoms with van der Waals surface area (Å²) in [5.74, 6) is 2.55. The van der Waals surface area contributed by atoms with Gasteiger partial charge in [0.25, 0.3) is 0 Å². The van der Waals surface area contributed by atoms with Crippen LogP contribution >= 0.6 is 0 Å². The molecular weight excluding hydrogens is 224 g/mol. The summed E-state index contributed by atoms with van der Waals surface area (Å²) in [4.78, 5) is 10.9. The third-order valence-corrected chi connectivity index (χ3v) is 4.22. The molecule has 3 unspecified atom stereocenters. The molecule has 0 aromatic heterocycles. The van der Waals surface area contributed by atoms with Gasteiger partial charge in [0.15, 0.2) is 0 Å². The maximum Gasteiger partial charge on any atom is 0.129 e. The number of ether oxygens (including phenoxy) is 1. The monoisotopic (exact) mass is 254 g/mol. The van der Waals surface area contributed by atoms with Gasteiger partial charge >= 0.3 is 0 Å². The molecule has 0 aromatic carbocycles. The summed E-state index contributed by atoms with van der Waals surface area (Å²) in [5, 5.41) is 0. The molecule has 0 heterocycles. The molecule has 18 heavy (non-hydrogen) atoms. The first-order chi connectivity index (χ1) is 8.50. The van der Waals surface area contributed by atoms with Crippen LogP contribution in [0.3, 0.4) is 0 Å². The van der Waals surface area contributed by atoms with Crippen LogP contribution in [0.1, 0.15) is 66.2 Å². The van der Waals surface area contributed by atoms with E-state index in [9.17, 15) is 4.79 Å². The molecule has 1 fully saturated rings. The Morgan fingerprint density at radius 2 is 2.00 bits per heavy atom. The molecule has 0 saturated heterocycles. The number of Topliss-reactive ketones (excluding diaryl/α,β-unsaturated/α-hetero) is 1. The molecule has 1 aliphatic carbocycles. The lowest BCUT2D eigenvalue weighted by atomic mass is 9.75. The van der Waals surface area contributed by atoms with Crippen molar-refractivity contribution in [2.75, 3.05) is 6.61 Å². The summed E-state index contributed by atoms with van der Waals surface area (Å²) in [6.45, 7) is 9.45. The Balaban J connectivity index is 2.26. The lowest BCUT2D eigenvalue weighted by Gasteiger charge is -2.37. The number of rotatable bonds is 7. The van der Waals surface area contributed by atoms with Gasteiger partial charge in [-0.2, -0.15) is 0 Å². The van der Waals surface area contributed by atoms with Gasteiger partial charge in [-0.1, -0.05) is 27.2 Å². The lowest BCUT2D eigenvalue weighted by Crippen LogP contribution is -2.34. The predicted molar refractivity (Wildman–Crippen MR) is 75.6 cm³/mol. The summed E-state index contributed by atoms with van der Waals surface area (Å²) < 4.78 is 6.10. The van der Waals surface area contributed by atoms with E-state index in [1.807, 2.05) is 0 Å². The fourth-order valence-corrected chi connectivity index (χ4v) is 3.02. The van der Waals surface area contributed by atoms with Crippen LogP contribution in [-0.2, 0) is 9.53 Å².